The van der Waals surface area contributed by atoms with E-state index >= 15 is 0 Å². The highest BCUT2D eigenvalue weighted by molar-refractivity contribution is 7.88. The van der Waals surface area contributed by atoms with Crippen molar-refractivity contribution in [2.45, 2.75) is 13.5 Å². The number of sulfonamides is 1. The number of hydrazine groups is 1. The molecule has 0 saturated carbocycles. The monoisotopic (exact) mass is 381 g/mol. The van der Waals surface area contributed by atoms with Crippen LogP contribution in [0.5, 0.6) is 0 Å². The number of esters is 1. The van der Waals surface area contributed by atoms with E-state index in [-0.39, 0.29) is 35.7 Å². The van der Waals surface area contributed by atoms with Gasteiger partial charge in [0.1, 0.15) is 5.56 Å². The Balaban J connectivity index is 0.00000400. The molecule has 0 aliphatic heterocycles. The first-order valence-corrected chi connectivity index (χ1v) is 7.63. The molecule has 8 nitrogen and oxygen atoms in total. The lowest BCUT2D eigenvalue weighted by Gasteiger charge is -2.04. The fourth-order valence-electron chi connectivity index (χ4n) is 1.32. The number of pyridine rings is 1. The van der Waals surface area contributed by atoms with Gasteiger partial charge in [-0.2, -0.15) is 4.57 Å². The number of hydrogen-bond donors (Lipinski definition) is 2. The van der Waals surface area contributed by atoms with Crippen LogP contribution in [0, 0.1) is 0 Å². The highest BCUT2D eigenvalue weighted by atomic mass is 79.9. The van der Waals surface area contributed by atoms with E-state index in [0.717, 1.165) is 6.26 Å². The molecule has 118 valence electrons. The summed E-state index contributed by atoms with van der Waals surface area (Å²) in [6.07, 6.45) is 3.92. The minimum absolute atomic E-state index is 0. The molecular formula is C11H16BrN3O5S. The van der Waals surface area contributed by atoms with Crippen LogP contribution in [0.4, 0.5) is 0 Å². The molecule has 1 rings (SSSR count). The van der Waals surface area contributed by atoms with Gasteiger partial charge in [-0.1, -0.05) is 0 Å². The van der Waals surface area contributed by atoms with Gasteiger partial charge in [0.05, 0.1) is 12.9 Å². The van der Waals surface area contributed by atoms with Crippen molar-refractivity contribution in [1.82, 2.24) is 10.3 Å². The van der Waals surface area contributed by atoms with Crippen LogP contribution in [0.15, 0.2) is 24.5 Å². The summed E-state index contributed by atoms with van der Waals surface area (Å²) in [6.45, 7) is 1.94. The number of amides is 1. The molecule has 1 aromatic heterocycles. The van der Waals surface area contributed by atoms with Gasteiger partial charge in [0, 0.05) is 6.07 Å². The first-order valence-electron chi connectivity index (χ1n) is 5.73. The normalized spacial score (nSPS) is 10.4. The molecule has 21 heavy (non-hydrogen) atoms. The van der Waals surface area contributed by atoms with Crippen molar-refractivity contribution in [2.24, 2.45) is 0 Å². The number of hydrogen-bond acceptors (Lipinski definition) is 5. The van der Waals surface area contributed by atoms with E-state index in [4.69, 9.17) is 4.74 Å². The highest BCUT2D eigenvalue weighted by Gasteiger charge is 2.14. The lowest BCUT2D eigenvalue weighted by atomic mass is 10.3. The number of carbonyl (C=O) groups excluding carboxylic acids is 2. The van der Waals surface area contributed by atoms with Gasteiger partial charge in [-0.3, -0.25) is 10.2 Å². The van der Waals surface area contributed by atoms with Crippen LogP contribution in [0.25, 0.3) is 0 Å². The second kappa shape index (κ2) is 8.70. The molecule has 0 radical (unpaired) electrons. The number of ether oxygens (including phenoxy) is 1. The zero-order valence-corrected chi connectivity index (χ0v) is 13.9. The van der Waals surface area contributed by atoms with Gasteiger partial charge in [0.2, 0.25) is 16.6 Å². The van der Waals surface area contributed by atoms with Crippen LogP contribution in [-0.4, -0.2) is 33.2 Å². The molecule has 1 amide bonds. The minimum Gasteiger partial charge on any atom is -1.00 e. The summed E-state index contributed by atoms with van der Waals surface area (Å²) in [5, 5.41) is 0. The molecule has 0 spiro atoms. The van der Waals surface area contributed by atoms with Crippen molar-refractivity contribution in [1.29, 1.82) is 0 Å². The Morgan fingerprint density at radius 2 is 2.05 bits per heavy atom. The number of halogens is 1. The van der Waals surface area contributed by atoms with Crippen LogP contribution in [0.1, 0.15) is 17.3 Å². The van der Waals surface area contributed by atoms with Crippen molar-refractivity contribution < 1.29 is 44.3 Å². The SMILES string of the molecule is CCOC(=O)C[n+]1cccc(C(=O)NNS(C)(=O)=O)c1.[Br-]. The highest BCUT2D eigenvalue weighted by Crippen LogP contribution is 1.94. The van der Waals surface area contributed by atoms with Gasteiger partial charge < -0.3 is 21.7 Å². The van der Waals surface area contributed by atoms with Gasteiger partial charge >= 0.3 is 5.97 Å². The zero-order chi connectivity index (χ0) is 15.2. The summed E-state index contributed by atoms with van der Waals surface area (Å²) < 4.78 is 28.0. The molecule has 0 saturated heterocycles. The van der Waals surface area contributed by atoms with Gasteiger partial charge in [0.15, 0.2) is 12.4 Å². The van der Waals surface area contributed by atoms with Crippen LogP contribution < -0.4 is 31.8 Å². The summed E-state index contributed by atoms with van der Waals surface area (Å²) >= 11 is 0. The smallest absolute Gasteiger partial charge is 0.372 e. The molecule has 1 aromatic rings. The topological polar surface area (TPSA) is 105 Å². The maximum absolute atomic E-state index is 11.7. The molecule has 0 bridgehead atoms. The average molecular weight is 382 g/mol. The van der Waals surface area contributed by atoms with Crippen LogP contribution in [-0.2, 0) is 26.1 Å². The maximum atomic E-state index is 11.7. The minimum atomic E-state index is -3.53. The molecule has 1 heterocycles. The van der Waals surface area contributed by atoms with Crippen LogP contribution in [0.2, 0.25) is 0 Å². The number of nitrogens with one attached hydrogen (secondary N) is 2. The Hall–Kier alpha value is -1.52. The van der Waals surface area contributed by atoms with Gasteiger partial charge in [-0.15, -0.1) is 4.83 Å². The Morgan fingerprint density at radius 3 is 2.62 bits per heavy atom. The van der Waals surface area contributed by atoms with Crippen molar-refractivity contribution in [3.8, 4) is 0 Å². The van der Waals surface area contributed by atoms with E-state index in [9.17, 15) is 18.0 Å². The summed E-state index contributed by atoms with van der Waals surface area (Å²) in [6, 6.07) is 3.05. The van der Waals surface area contributed by atoms with Crippen molar-refractivity contribution >= 4 is 21.9 Å². The quantitative estimate of drug-likeness (QED) is 0.295. The van der Waals surface area contributed by atoms with Gasteiger partial charge in [-0.25, -0.2) is 13.2 Å². The number of rotatable bonds is 6. The third kappa shape index (κ3) is 7.73. The molecule has 0 unspecified atom stereocenters. The molecule has 0 aliphatic rings. The Bertz CT molecular complexity index is 606. The third-order valence-corrected chi connectivity index (χ3v) is 2.56. The second-order valence-corrected chi connectivity index (χ2v) is 5.65. The summed E-state index contributed by atoms with van der Waals surface area (Å²) in [4.78, 5) is 24.9. The fourth-order valence-corrected chi connectivity index (χ4v) is 1.60. The Morgan fingerprint density at radius 1 is 1.38 bits per heavy atom. The summed E-state index contributed by atoms with van der Waals surface area (Å²) in [7, 11) is -3.53. The number of carbonyl (C=O) groups is 2. The van der Waals surface area contributed by atoms with E-state index in [0.29, 0.717) is 0 Å². The standard InChI is InChI=1S/C11H15N3O5S.BrH/c1-3-19-10(15)8-14-6-4-5-9(7-14)11(16)12-13-20(2,17)18;/h4-7,13H,3,8H2,1-2H3;1H. The van der Waals surface area contributed by atoms with E-state index in [1.165, 1.54) is 16.8 Å². The first kappa shape index (κ1) is 19.5. The first-order chi connectivity index (χ1) is 9.31. The molecule has 0 fully saturated rings. The lowest BCUT2D eigenvalue weighted by molar-refractivity contribution is -0.686. The number of aromatic nitrogens is 1. The predicted octanol–water partition coefficient (Wildman–Crippen LogP) is -4.26. The molecule has 2 N–H and O–H groups in total. The van der Waals surface area contributed by atoms with Crippen LogP contribution >= 0.6 is 0 Å². The summed E-state index contributed by atoms with van der Waals surface area (Å²) in [5.74, 6) is -1.06. The largest absolute Gasteiger partial charge is 1.00 e. The molecular weight excluding hydrogens is 366 g/mol. The lowest BCUT2D eigenvalue weighted by Crippen LogP contribution is -3.00. The molecule has 10 heteroatoms. The molecule has 0 aliphatic carbocycles. The van der Waals surface area contributed by atoms with E-state index < -0.39 is 21.9 Å². The summed E-state index contributed by atoms with van der Waals surface area (Å²) in [5.41, 5.74) is 2.24. The van der Waals surface area contributed by atoms with E-state index in [2.05, 4.69) is 0 Å². The molecule has 0 aromatic carbocycles. The Labute approximate surface area is 133 Å². The van der Waals surface area contributed by atoms with Crippen molar-refractivity contribution in [3.05, 3.63) is 30.1 Å². The van der Waals surface area contributed by atoms with Gasteiger partial charge in [-0.05, 0) is 13.0 Å². The van der Waals surface area contributed by atoms with Crippen molar-refractivity contribution in [3.63, 3.8) is 0 Å². The van der Waals surface area contributed by atoms with Crippen molar-refractivity contribution in [2.75, 3.05) is 12.9 Å². The fraction of sp³-hybridized carbons (Fsp3) is 0.364. The maximum Gasteiger partial charge on any atom is 0.372 e. The average Bonchev–Trinajstić information content (AvgIpc) is 2.35. The van der Waals surface area contributed by atoms with E-state index in [1.807, 2.05) is 10.3 Å². The molecule has 0 atom stereocenters. The Kier molecular flexibility index (Phi) is 8.07. The van der Waals surface area contributed by atoms with E-state index in [1.54, 1.807) is 19.2 Å². The third-order valence-electron chi connectivity index (χ3n) is 2.09. The predicted molar refractivity (Wildman–Crippen MR) is 68.7 cm³/mol. The van der Waals surface area contributed by atoms with Crippen LogP contribution in [0.3, 0.4) is 0 Å². The number of nitrogens with zero attached hydrogens (tertiary/aromatic N) is 1. The zero-order valence-electron chi connectivity index (χ0n) is 11.5. The van der Waals surface area contributed by atoms with Gasteiger partial charge in [0.25, 0.3) is 5.91 Å². The second-order valence-electron chi connectivity index (χ2n) is 3.90.